The van der Waals surface area contributed by atoms with Crippen molar-refractivity contribution in [3.05, 3.63) is 33.9 Å². The van der Waals surface area contributed by atoms with Gasteiger partial charge in [-0.05, 0) is 31.9 Å². The molecular weight excluding hydrogens is 412 g/mol. The molecule has 0 aliphatic carbocycles. The van der Waals surface area contributed by atoms with Gasteiger partial charge < -0.3 is 10.1 Å². The van der Waals surface area contributed by atoms with Crippen LogP contribution in [0.4, 0.5) is 11.4 Å². The third kappa shape index (κ3) is 6.38. The fourth-order valence-corrected chi connectivity index (χ4v) is 4.70. The van der Waals surface area contributed by atoms with Crippen LogP contribution in [-0.2, 0) is 19.6 Å². The van der Waals surface area contributed by atoms with E-state index in [-0.39, 0.29) is 17.8 Å². The number of carbonyl (C=O) groups is 1. The fraction of sp³-hybridized carbons (Fsp3) is 0.632. The molecule has 1 aliphatic heterocycles. The molecule has 30 heavy (non-hydrogen) atoms. The number of anilines is 1. The first-order valence-corrected chi connectivity index (χ1v) is 11.8. The largest absolute Gasteiger partial charge is 0.379 e. The molecule has 1 aromatic rings. The van der Waals surface area contributed by atoms with Crippen LogP contribution in [0.5, 0.6) is 0 Å². The van der Waals surface area contributed by atoms with Crippen LogP contribution in [0.25, 0.3) is 0 Å². The van der Waals surface area contributed by atoms with Gasteiger partial charge >= 0.3 is 0 Å². The Morgan fingerprint density at radius 3 is 2.60 bits per heavy atom. The van der Waals surface area contributed by atoms with E-state index in [4.69, 9.17) is 4.74 Å². The summed E-state index contributed by atoms with van der Waals surface area (Å²) in [4.78, 5) is 25.7. The summed E-state index contributed by atoms with van der Waals surface area (Å²) >= 11 is 0. The lowest BCUT2D eigenvalue weighted by molar-refractivity contribution is -0.384. The highest BCUT2D eigenvalue weighted by Crippen LogP contribution is 2.30. The Kier molecular flexibility index (Phi) is 8.56. The van der Waals surface area contributed by atoms with Crippen molar-refractivity contribution in [3.8, 4) is 0 Å². The molecule has 1 aromatic carbocycles. The van der Waals surface area contributed by atoms with E-state index in [0.29, 0.717) is 25.3 Å². The number of nitrogens with zero attached hydrogens (tertiary/aromatic N) is 3. The number of rotatable bonds is 10. The maximum absolute atomic E-state index is 12.8. The molecule has 1 saturated heterocycles. The first-order chi connectivity index (χ1) is 14.1. The standard InChI is InChI=1S/C19H30N4O6S/c1-4-17(19(24)20-8-5-9-21-10-12-29-13-11-21)22(30(3,27)28)18-14-16(23(25)26)7-6-15(18)2/h6-7,14,17H,4-5,8-13H2,1-3H3,(H,20,24). The molecule has 0 aromatic heterocycles. The number of benzene rings is 1. The number of nitro groups is 1. The number of sulfonamides is 1. The Morgan fingerprint density at radius 1 is 1.37 bits per heavy atom. The van der Waals surface area contributed by atoms with Crippen molar-refractivity contribution >= 4 is 27.3 Å². The van der Waals surface area contributed by atoms with E-state index in [9.17, 15) is 23.3 Å². The van der Waals surface area contributed by atoms with Crippen molar-refractivity contribution in [1.29, 1.82) is 0 Å². The number of ether oxygens (including phenoxy) is 1. The van der Waals surface area contributed by atoms with Gasteiger partial charge in [0, 0.05) is 31.8 Å². The molecule has 10 nitrogen and oxygen atoms in total. The van der Waals surface area contributed by atoms with E-state index >= 15 is 0 Å². The van der Waals surface area contributed by atoms with Gasteiger partial charge in [-0.2, -0.15) is 0 Å². The van der Waals surface area contributed by atoms with Crippen molar-refractivity contribution < 1.29 is 22.9 Å². The lowest BCUT2D eigenvalue weighted by Crippen LogP contribution is -2.50. The molecule has 0 saturated carbocycles. The average Bonchev–Trinajstić information content (AvgIpc) is 2.69. The van der Waals surface area contributed by atoms with E-state index in [0.717, 1.165) is 36.6 Å². The summed E-state index contributed by atoms with van der Waals surface area (Å²) < 4.78 is 31.4. The molecule has 1 unspecified atom stereocenters. The summed E-state index contributed by atoms with van der Waals surface area (Å²) in [5.41, 5.74) is 0.441. The highest BCUT2D eigenvalue weighted by Gasteiger charge is 2.33. The van der Waals surface area contributed by atoms with Crippen molar-refractivity contribution in [2.24, 2.45) is 0 Å². The lowest BCUT2D eigenvalue weighted by atomic mass is 10.1. The van der Waals surface area contributed by atoms with Crippen LogP contribution in [-0.4, -0.2) is 75.8 Å². The lowest BCUT2D eigenvalue weighted by Gasteiger charge is -2.31. The smallest absolute Gasteiger partial charge is 0.271 e. The number of amides is 1. The molecule has 0 spiro atoms. The molecule has 168 valence electrons. The highest BCUT2D eigenvalue weighted by atomic mass is 32.2. The number of nitro benzene ring substituents is 1. The highest BCUT2D eigenvalue weighted by molar-refractivity contribution is 7.92. The molecule has 0 bridgehead atoms. The molecule has 11 heteroatoms. The molecule has 1 amide bonds. The number of morpholine rings is 1. The second kappa shape index (κ2) is 10.7. The molecular formula is C19H30N4O6S. The van der Waals surface area contributed by atoms with Crippen molar-refractivity contribution in [2.45, 2.75) is 32.7 Å². The van der Waals surface area contributed by atoms with Gasteiger partial charge in [0.15, 0.2) is 0 Å². The van der Waals surface area contributed by atoms with Crippen LogP contribution in [0, 0.1) is 17.0 Å². The topological polar surface area (TPSA) is 122 Å². The Labute approximate surface area is 177 Å². The molecule has 1 N–H and O–H groups in total. The zero-order valence-corrected chi connectivity index (χ0v) is 18.5. The van der Waals surface area contributed by atoms with Crippen molar-refractivity contribution in [3.63, 3.8) is 0 Å². The third-order valence-electron chi connectivity index (χ3n) is 5.02. The number of hydrogen-bond donors (Lipinski definition) is 1. The maximum atomic E-state index is 12.8. The van der Waals surface area contributed by atoms with Crippen LogP contribution in [0.2, 0.25) is 0 Å². The number of nitrogens with one attached hydrogen (secondary N) is 1. The number of aryl methyl sites for hydroxylation is 1. The number of carbonyl (C=O) groups excluding carboxylic acids is 1. The first kappa shape index (κ1) is 24.0. The number of non-ortho nitro benzene ring substituents is 1. The summed E-state index contributed by atoms with van der Waals surface area (Å²) in [5.74, 6) is -0.421. The average molecular weight is 443 g/mol. The van der Waals surface area contributed by atoms with Gasteiger partial charge in [-0.15, -0.1) is 0 Å². The molecule has 1 heterocycles. The Bertz CT molecular complexity index is 855. The summed E-state index contributed by atoms with van der Waals surface area (Å²) in [5, 5.41) is 14.0. The van der Waals surface area contributed by atoms with Gasteiger partial charge in [0.05, 0.1) is 30.1 Å². The van der Waals surface area contributed by atoms with E-state index < -0.39 is 26.9 Å². The van der Waals surface area contributed by atoms with E-state index in [1.54, 1.807) is 13.8 Å². The van der Waals surface area contributed by atoms with E-state index in [1.807, 2.05) is 0 Å². The zero-order valence-electron chi connectivity index (χ0n) is 17.7. The van der Waals surface area contributed by atoms with Crippen LogP contribution < -0.4 is 9.62 Å². The zero-order chi connectivity index (χ0) is 22.3. The van der Waals surface area contributed by atoms with Gasteiger partial charge in [-0.1, -0.05) is 13.0 Å². The van der Waals surface area contributed by atoms with Gasteiger partial charge in [0.25, 0.3) is 5.69 Å². The van der Waals surface area contributed by atoms with Gasteiger partial charge in [0.2, 0.25) is 15.9 Å². The Balaban J connectivity index is 2.13. The minimum atomic E-state index is -3.86. The molecule has 1 fully saturated rings. The normalized spacial score (nSPS) is 16.1. The van der Waals surface area contributed by atoms with E-state index in [1.165, 1.54) is 18.2 Å². The van der Waals surface area contributed by atoms with Crippen LogP contribution in [0.1, 0.15) is 25.3 Å². The van der Waals surface area contributed by atoms with Gasteiger partial charge in [-0.3, -0.25) is 24.1 Å². The second-order valence-corrected chi connectivity index (χ2v) is 9.17. The van der Waals surface area contributed by atoms with E-state index in [2.05, 4.69) is 10.2 Å². The predicted molar refractivity (Wildman–Crippen MR) is 114 cm³/mol. The Hall–Kier alpha value is -2.24. The molecule has 2 rings (SSSR count). The van der Waals surface area contributed by atoms with Crippen LogP contribution in [0.3, 0.4) is 0 Å². The number of hydrogen-bond acceptors (Lipinski definition) is 7. The second-order valence-electron chi connectivity index (χ2n) is 7.31. The van der Waals surface area contributed by atoms with Gasteiger partial charge in [-0.25, -0.2) is 8.42 Å². The predicted octanol–water partition coefficient (Wildman–Crippen LogP) is 1.29. The SMILES string of the molecule is CCC(C(=O)NCCCN1CCOCC1)N(c1cc([N+](=O)[O-])ccc1C)S(C)(=O)=O. The summed E-state index contributed by atoms with van der Waals surface area (Å²) in [6.07, 6.45) is 1.96. The van der Waals surface area contributed by atoms with Crippen molar-refractivity contribution in [1.82, 2.24) is 10.2 Å². The molecule has 1 atom stereocenters. The third-order valence-corrected chi connectivity index (χ3v) is 6.19. The fourth-order valence-electron chi connectivity index (χ4n) is 3.44. The summed E-state index contributed by atoms with van der Waals surface area (Å²) in [7, 11) is -3.86. The quantitative estimate of drug-likeness (QED) is 0.329. The Morgan fingerprint density at radius 2 is 2.03 bits per heavy atom. The molecule has 1 aliphatic rings. The van der Waals surface area contributed by atoms with Crippen LogP contribution >= 0.6 is 0 Å². The minimum absolute atomic E-state index is 0.141. The van der Waals surface area contributed by atoms with Crippen LogP contribution in [0.15, 0.2) is 18.2 Å². The minimum Gasteiger partial charge on any atom is -0.379 e. The summed E-state index contributed by atoms with van der Waals surface area (Å²) in [6.45, 7) is 7.73. The molecule has 0 radical (unpaired) electrons. The monoisotopic (exact) mass is 442 g/mol. The first-order valence-electron chi connectivity index (χ1n) is 9.97. The van der Waals surface area contributed by atoms with Gasteiger partial charge in [0.1, 0.15) is 6.04 Å². The van der Waals surface area contributed by atoms with Crippen molar-refractivity contribution in [2.75, 3.05) is 50.0 Å². The summed E-state index contributed by atoms with van der Waals surface area (Å²) in [6, 6.07) is 3.00. The maximum Gasteiger partial charge on any atom is 0.271 e.